The number of aryl methyl sites for hydroxylation is 1. The number of esters is 1. The van der Waals surface area contributed by atoms with Crippen molar-refractivity contribution in [2.24, 2.45) is 11.3 Å². The minimum Gasteiger partial charge on any atom is -0.469 e. The average Bonchev–Trinajstić information content (AvgIpc) is 3.40. The maximum absolute atomic E-state index is 12.4. The highest BCUT2D eigenvalue weighted by Crippen LogP contribution is 2.43. The Morgan fingerprint density at radius 2 is 1.82 bits per heavy atom. The van der Waals surface area contributed by atoms with Crippen LogP contribution in [0.1, 0.15) is 80.3 Å². The maximum atomic E-state index is 12.4. The Bertz CT molecular complexity index is 1360. The van der Waals surface area contributed by atoms with Gasteiger partial charge in [-0.25, -0.2) is 4.68 Å². The third-order valence-electron chi connectivity index (χ3n) is 8.79. The molecule has 1 aromatic heterocycles. The van der Waals surface area contributed by atoms with Crippen molar-refractivity contribution in [3.8, 4) is 0 Å². The van der Waals surface area contributed by atoms with Crippen molar-refractivity contribution in [1.82, 2.24) is 20.5 Å². The largest absolute Gasteiger partial charge is 0.469 e. The van der Waals surface area contributed by atoms with Gasteiger partial charge in [-0.2, -0.15) is 0 Å². The first-order valence-electron chi connectivity index (χ1n) is 14.7. The third-order valence-corrected chi connectivity index (χ3v) is 8.79. The molecule has 1 saturated carbocycles. The molecule has 0 unspecified atom stereocenters. The van der Waals surface area contributed by atoms with E-state index in [4.69, 9.17) is 4.74 Å². The number of hydrogen-bond acceptors (Lipinski definition) is 7. The molecule has 8 nitrogen and oxygen atoms in total. The number of carbonyl (C=O) groups is 1. The lowest BCUT2D eigenvalue weighted by Gasteiger charge is -2.25. The molecule has 214 valence electrons. The lowest BCUT2D eigenvalue weighted by atomic mass is 9.84. The molecule has 3 aromatic rings. The summed E-state index contributed by atoms with van der Waals surface area (Å²) in [6, 6.07) is 10.9. The molecule has 1 aliphatic carbocycles. The van der Waals surface area contributed by atoms with Crippen molar-refractivity contribution in [1.29, 1.82) is 0 Å². The first-order valence-corrected chi connectivity index (χ1v) is 14.7. The summed E-state index contributed by atoms with van der Waals surface area (Å²) < 4.78 is 7.21. The maximum Gasteiger partial charge on any atom is 0.311 e. The van der Waals surface area contributed by atoms with Gasteiger partial charge in [0, 0.05) is 20.0 Å². The molecule has 1 fully saturated rings. The molecule has 8 heteroatoms. The van der Waals surface area contributed by atoms with Crippen molar-refractivity contribution in [3.63, 3.8) is 0 Å². The van der Waals surface area contributed by atoms with Crippen LogP contribution in [0, 0.1) is 25.2 Å². The Balaban J connectivity index is 1.41. The fraction of sp³-hybridized carbons (Fsp3) is 0.531. The van der Waals surface area contributed by atoms with Crippen molar-refractivity contribution in [2.75, 3.05) is 24.2 Å². The SMILES string of the molecule is COC(=O)C(C)(C)Cc1ccc2c(c1C)N(c1ccc(C)c(Cc3cnnn3CC3CCCCCC3)c1)NN2C. The third kappa shape index (κ3) is 5.73. The van der Waals surface area contributed by atoms with E-state index in [1.165, 1.54) is 62.5 Å². The van der Waals surface area contributed by atoms with Gasteiger partial charge in [0.2, 0.25) is 0 Å². The van der Waals surface area contributed by atoms with Crippen LogP contribution in [0.3, 0.4) is 0 Å². The van der Waals surface area contributed by atoms with Crippen molar-refractivity contribution < 1.29 is 9.53 Å². The quantitative estimate of drug-likeness (QED) is 0.267. The van der Waals surface area contributed by atoms with E-state index in [1.807, 2.05) is 32.1 Å². The summed E-state index contributed by atoms with van der Waals surface area (Å²) in [5.74, 6) is 0.494. The summed E-state index contributed by atoms with van der Waals surface area (Å²) in [4.78, 5) is 12.4. The minimum atomic E-state index is -0.610. The minimum absolute atomic E-state index is 0.199. The highest BCUT2D eigenvalue weighted by molar-refractivity contribution is 5.84. The zero-order valence-electron chi connectivity index (χ0n) is 25.0. The molecule has 0 radical (unpaired) electrons. The Labute approximate surface area is 238 Å². The summed E-state index contributed by atoms with van der Waals surface area (Å²) in [5.41, 5.74) is 12.2. The Kier molecular flexibility index (Phi) is 8.17. The second-order valence-electron chi connectivity index (χ2n) is 12.3. The van der Waals surface area contributed by atoms with E-state index in [1.54, 1.807) is 0 Å². The first-order chi connectivity index (χ1) is 19.2. The zero-order chi connectivity index (χ0) is 28.4. The van der Waals surface area contributed by atoms with Gasteiger partial charge in [-0.1, -0.05) is 43.0 Å². The number of carbonyl (C=O) groups excluding carboxylic acids is 1. The molecule has 0 amide bonds. The number of hydrogen-bond donors (Lipinski definition) is 1. The van der Waals surface area contributed by atoms with Crippen LogP contribution >= 0.6 is 0 Å². The lowest BCUT2D eigenvalue weighted by Crippen LogP contribution is -2.39. The van der Waals surface area contributed by atoms with E-state index in [9.17, 15) is 4.79 Å². The molecule has 1 N–H and O–H groups in total. The fourth-order valence-corrected chi connectivity index (χ4v) is 6.28. The van der Waals surface area contributed by atoms with Crippen LogP contribution in [-0.2, 0) is 28.9 Å². The smallest absolute Gasteiger partial charge is 0.311 e. The van der Waals surface area contributed by atoms with E-state index in [0.717, 1.165) is 41.2 Å². The normalized spacial score (nSPS) is 16.2. The highest BCUT2D eigenvalue weighted by atomic mass is 16.5. The van der Waals surface area contributed by atoms with Crippen LogP contribution in [-0.4, -0.2) is 35.1 Å². The summed E-state index contributed by atoms with van der Waals surface area (Å²) in [6.45, 7) is 9.16. The van der Waals surface area contributed by atoms with Gasteiger partial charge in [-0.05, 0) is 93.3 Å². The number of hydrazine groups is 2. The number of aromatic nitrogens is 3. The van der Waals surface area contributed by atoms with E-state index in [-0.39, 0.29) is 5.97 Å². The molecule has 0 atom stereocenters. The number of anilines is 3. The second kappa shape index (κ2) is 11.6. The molecule has 0 bridgehead atoms. The van der Waals surface area contributed by atoms with Gasteiger partial charge in [0.05, 0.1) is 41.5 Å². The van der Waals surface area contributed by atoms with Crippen LogP contribution in [0.2, 0.25) is 0 Å². The molecule has 0 saturated heterocycles. The molecular formula is C32H44N6O2. The number of rotatable bonds is 8. The number of methoxy groups -OCH3 is 1. The van der Waals surface area contributed by atoms with Crippen molar-refractivity contribution in [2.45, 2.75) is 85.6 Å². The van der Waals surface area contributed by atoms with Gasteiger partial charge in [0.15, 0.2) is 0 Å². The average molecular weight is 545 g/mol. The summed E-state index contributed by atoms with van der Waals surface area (Å²) in [6.07, 6.45) is 11.3. The van der Waals surface area contributed by atoms with E-state index < -0.39 is 5.41 Å². The van der Waals surface area contributed by atoms with Gasteiger partial charge >= 0.3 is 5.97 Å². The van der Waals surface area contributed by atoms with Crippen LogP contribution < -0.4 is 15.6 Å². The molecule has 0 spiro atoms. The van der Waals surface area contributed by atoms with Crippen molar-refractivity contribution >= 4 is 23.0 Å². The molecular weight excluding hydrogens is 500 g/mol. The van der Waals surface area contributed by atoms with Crippen LogP contribution in [0.4, 0.5) is 17.1 Å². The monoisotopic (exact) mass is 544 g/mol. The molecule has 1 aliphatic heterocycles. The summed E-state index contributed by atoms with van der Waals surface area (Å²) >= 11 is 0. The number of fused-ring (bicyclic) bond motifs is 1. The van der Waals surface area contributed by atoms with Gasteiger partial charge in [0.1, 0.15) is 0 Å². The Hall–Kier alpha value is -3.39. The Morgan fingerprint density at radius 1 is 1.07 bits per heavy atom. The number of benzene rings is 2. The topological polar surface area (TPSA) is 75.5 Å². The standard InChI is InChI=1S/C32H44N6O2/c1-22-13-15-27(17-26(22)18-28-20-33-34-37(28)21-24-11-9-7-8-10-12-24)38-30-23(2)25(14-16-29(30)36(5)35-38)19-32(3,4)31(39)40-6/h13-17,20,24,35H,7-12,18-19,21H2,1-6H3. The summed E-state index contributed by atoms with van der Waals surface area (Å²) in [5, 5.41) is 13.0. The number of nitrogens with one attached hydrogen (secondary N) is 1. The predicted octanol–water partition coefficient (Wildman–Crippen LogP) is 6.21. The van der Waals surface area contributed by atoms with Gasteiger partial charge < -0.3 is 4.74 Å². The molecule has 5 rings (SSSR count). The zero-order valence-corrected chi connectivity index (χ0v) is 25.0. The highest BCUT2D eigenvalue weighted by Gasteiger charge is 2.33. The molecule has 2 aliphatic rings. The van der Waals surface area contributed by atoms with Crippen LogP contribution in [0.5, 0.6) is 0 Å². The van der Waals surface area contributed by atoms with Gasteiger partial charge in [0.25, 0.3) is 0 Å². The van der Waals surface area contributed by atoms with E-state index in [0.29, 0.717) is 12.3 Å². The van der Waals surface area contributed by atoms with Gasteiger partial charge in [-0.3, -0.25) is 14.8 Å². The van der Waals surface area contributed by atoms with E-state index >= 15 is 0 Å². The fourth-order valence-electron chi connectivity index (χ4n) is 6.28. The molecule has 2 aromatic carbocycles. The predicted molar refractivity (Wildman–Crippen MR) is 160 cm³/mol. The van der Waals surface area contributed by atoms with Crippen LogP contribution in [0.25, 0.3) is 0 Å². The van der Waals surface area contributed by atoms with Crippen LogP contribution in [0.15, 0.2) is 36.5 Å². The second-order valence-corrected chi connectivity index (χ2v) is 12.3. The summed E-state index contributed by atoms with van der Waals surface area (Å²) in [7, 11) is 3.48. The lowest BCUT2D eigenvalue weighted by molar-refractivity contribution is -0.150. The molecule has 2 heterocycles. The van der Waals surface area contributed by atoms with Gasteiger partial charge in [-0.15, -0.1) is 10.6 Å². The number of ether oxygens (including phenoxy) is 1. The molecule has 40 heavy (non-hydrogen) atoms. The number of nitrogens with zero attached hydrogens (tertiary/aromatic N) is 5. The first kappa shape index (κ1) is 28.1. The Morgan fingerprint density at radius 3 is 2.55 bits per heavy atom. The van der Waals surface area contributed by atoms with Crippen molar-refractivity contribution in [3.05, 3.63) is 64.5 Å². The van der Waals surface area contributed by atoms with E-state index in [2.05, 4.69) is 69.7 Å².